The molecule has 0 spiro atoms. The molecule has 0 unspecified atom stereocenters. The number of hydrogen-bond donors (Lipinski definition) is 1. The van der Waals surface area contributed by atoms with Gasteiger partial charge < -0.3 is 9.84 Å². The zero-order valence-corrected chi connectivity index (χ0v) is 10.1. The van der Waals surface area contributed by atoms with Crippen LogP contribution in [0.4, 0.5) is 13.2 Å². The SMILES string of the molecule is COCc1c(C(=O)O)nnn1CCSC(F)(F)F. The van der Waals surface area contributed by atoms with Gasteiger partial charge in [-0.25, -0.2) is 9.48 Å². The van der Waals surface area contributed by atoms with Gasteiger partial charge >= 0.3 is 11.5 Å². The van der Waals surface area contributed by atoms with E-state index in [1.165, 1.54) is 7.11 Å². The second-order valence-corrected chi connectivity index (χ2v) is 4.30. The van der Waals surface area contributed by atoms with E-state index < -0.39 is 11.5 Å². The van der Waals surface area contributed by atoms with E-state index in [1.54, 1.807) is 0 Å². The minimum atomic E-state index is -4.32. The summed E-state index contributed by atoms with van der Waals surface area (Å²) in [5, 5.41) is 15.7. The van der Waals surface area contributed by atoms with Gasteiger partial charge in [-0.3, -0.25) is 0 Å². The Labute approximate surface area is 104 Å². The molecular formula is C8H10F3N3O3S. The summed E-state index contributed by atoms with van der Waals surface area (Å²) in [4.78, 5) is 10.8. The molecule has 0 aromatic carbocycles. The number of carbonyl (C=O) groups is 1. The number of halogens is 3. The lowest BCUT2D eigenvalue weighted by Gasteiger charge is -2.07. The minimum absolute atomic E-state index is 0.0781. The average molecular weight is 285 g/mol. The van der Waals surface area contributed by atoms with Gasteiger partial charge in [0, 0.05) is 12.9 Å². The normalized spacial score (nSPS) is 11.8. The monoisotopic (exact) mass is 285 g/mol. The van der Waals surface area contributed by atoms with Crippen molar-refractivity contribution in [2.45, 2.75) is 18.7 Å². The van der Waals surface area contributed by atoms with Crippen LogP contribution in [0, 0.1) is 0 Å². The Bertz CT molecular complexity index is 421. The average Bonchev–Trinajstić information content (AvgIpc) is 2.60. The quantitative estimate of drug-likeness (QED) is 0.850. The largest absolute Gasteiger partial charge is 0.476 e. The number of carboxylic acids is 1. The first-order chi connectivity index (χ1) is 8.35. The topological polar surface area (TPSA) is 77.2 Å². The second-order valence-electron chi connectivity index (χ2n) is 3.14. The Morgan fingerprint density at radius 1 is 1.56 bits per heavy atom. The van der Waals surface area contributed by atoms with Crippen molar-refractivity contribution in [1.82, 2.24) is 15.0 Å². The number of aryl methyl sites for hydroxylation is 1. The Balaban J connectivity index is 2.73. The molecule has 0 bridgehead atoms. The van der Waals surface area contributed by atoms with Gasteiger partial charge in [0.2, 0.25) is 0 Å². The van der Waals surface area contributed by atoms with Crippen molar-refractivity contribution in [3.63, 3.8) is 0 Å². The fourth-order valence-electron chi connectivity index (χ4n) is 1.21. The minimum Gasteiger partial charge on any atom is -0.476 e. The number of thioether (sulfide) groups is 1. The first kappa shape index (κ1) is 14.8. The van der Waals surface area contributed by atoms with Gasteiger partial charge in [-0.05, 0) is 11.8 Å². The van der Waals surface area contributed by atoms with Crippen molar-refractivity contribution in [1.29, 1.82) is 0 Å². The Morgan fingerprint density at radius 3 is 2.72 bits per heavy atom. The molecule has 1 aromatic rings. The third kappa shape index (κ3) is 4.18. The van der Waals surface area contributed by atoms with Crippen molar-refractivity contribution >= 4 is 17.7 Å². The van der Waals surface area contributed by atoms with Gasteiger partial charge in [-0.15, -0.1) is 5.10 Å². The van der Waals surface area contributed by atoms with Gasteiger partial charge in [0.1, 0.15) is 0 Å². The summed E-state index contributed by atoms with van der Waals surface area (Å²) in [6.45, 7) is -0.172. The van der Waals surface area contributed by atoms with Crippen molar-refractivity contribution in [2.24, 2.45) is 0 Å². The number of nitrogens with zero attached hydrogens (tertiary/aromatic N) is 3. The van der Waals surface area contributed by atoms with E-state index in [0.717, 1.165) is 4.68 Å². The Morgan fingerprint density at radius 2 is 2.22 bits per heavy atom. The molecule has 0 aliphatic heterocycles. The summed E-state index contributed by atoms with van der Waals surface area (Å²) < 4.78 is 41.7. The number of methoxy groups -OCH3 is 1. The van der Waals surface area contributed by atoms with Crippen molar-refractivity contribution in [2.75, 3.05) is 12.9 Å². The first-order valence-corrected chi connectivity index (χ1v) is 5.69. The molecule has 1 aromatic heterocycles. The summed E-state index contributed by atoms with van der Waals surface area (Å²) in [6, 6.07) is 0. The molecule has 6 nitrogen and oxygen atoms in total. The van der Waals surface area contributed by atoms with E-state index in [9.17, 15) is 18.0 Å². The fraction of sp³-hybridized carbons (Fsp3) is 0.625. The van der Waals surface area contributed by atoms with Gasteiger partial charge in [0.05, 0.1) is 18.8 Å². The van der Waals surface area contributed by atoms with Crippen LogP contribution in [-0.2, 0) is 17.9 Å². The van der Waals surface area contributed by atoms with E-state index in [2.05, 4.69) is 10.3 Å². The molecule has 0 fully saturated rings. The van der Waals surface area contributed by atoms with Crippen LogP contribution in [0.15, 0.2) is 0 Å². The highest BCUT2D eigenvalue weighted by atomic mass is 32.2. The summed E-state index contributed by atoms with van der Waals surface area (Å²) in [7, 11) is 1.34. The number of alkyl halides is 3. The highest BCUT2D eigenvalue weighted by Crippen LogP contribution is 2.30. The van der Waals surface area contributed by atoms with Crippen molar-refractivity contribution in [3.8, 4) is 0 Å². The van der Waals surface area contributed by atoms with Crippen LogP contribution >= 0.6 is 11.8 Å². The van der Waals surface area contributed by atoms with Gasteiger partial charge in [-0.2, -0.15) is 13.2 Å². The number of rotatable bonds is 6. The molecule has 102 valence electrons. The van der Waals surface area contributed by atoms with Crippen LogP contribution < -0.4 is 0 Å². The van der Waals surface area contributed by atoms with Crippen molar-refractivity contribution < 1.29 is 27.8 Å². The van der Waals surface area contributed by atoms with Crippen LogP contribution in [0.5, 0.6) is 0 Å². The molecule has 18 heavy (non-hydrogen) atoms. The summed E-state index contributed by atoms with van der Waals surface area (Å²) >= 11 is -0.204. The zero-order chi connectivity index (χ0) is 13.8. The summed E-state index contributed by atoms with van der Waals surface area (Å²) in [5.74, 6) is -1.57. The third-order valence-electron chi connectivity index (χ3n) is 1.89. The number of carboxylic acid groups (broad SMARTS) is 1. The molecular weight excluding hydrogens is 275 g/mol. The number of hydrogen-bond acceptors (Lipinski definition) is 5. The maximum Gasteiger partial charge on any atom is 0.441 e. The number of aromatic nitrogens is 3. The number of ether oxygens (including phenoxy) is 1. The maximum atomic E-state index is 11.9. The van der Waals surface area contributed by atoms with E-state index in [1.807, 2.05) is 0 Å². The third-order valence-corrected chi connectivity index (χ3v) is 2.60. The summed E-state index contributed by atoms with van der Waals surface area (Å²) in [6.07, 6.45) is 0. The van der Waals surface area contributed by atoms with Crippen LogP contribution in [0.2, 0.25) is 0 Å². The molecule has 1 heterocycles. The lowest BCUT2D eigenvalue weighted by atomic mass is 10.3. The molecule has 1 N–H and O–H groups in total. The van der Waals surface area contributed by atoms with Crippen LogP contribution in [0.1, 0.15) is 16.2 Å². The van der Waals surface area contributed by atoms with Crippen LogP contribution in [-0.4, -0.2) is 44.4 Å². The standard InChI is InChI=1S/C8H10F3N3O3S/c1-17-4-5-6(7(15)16)12-13-14(5)2-3-18-8(9,10)11/h2-4H2,1H3,(H,15,16). The molecule has 0 aliphatic carbocycles. The van der Waals surface area contributed by atoms with E-state index in [0.29, 0.717) is 0 Å². The van der Waals surface area contributed by atoms with Gasteiger partial charge in [-0.1, -0.05) is 5.21 Å². The van der Waals surface area contributed by atoms with E-state index in [4.69, 9.17) is 9.84 Å². The summed E-state index contributed by atoms with van der Waals surface area (Å²) in [5.41, 5.74) is -4.49. The molecule has 0 radical (unpaired) electrons. The number of aromatic carboxylic acids is 1. The maximum absolute atomic E-state index is 11.9. The predicted octanol–water partition coefficient (Wildman–Crippen LogP) is 1.38. The van der Waals surface area contributed by atoms with E-state index in [-0.39, 0.29) is 42.1 Å². The molecule has 10 heteroatoms. The second kappa shape index (κ2) is 6.05. The molecule has 0 atom stereocenters. The zero-order valence-electron chi connectivity index (χ0n) is 9.27. The first-order valence-electron chi connectivity index (χ1n) is 4.70. The Kier molecular flexibility index (Phi) is 4.96. The lowest BCUT2D eigenvalue weighted by molar-refractivity contribution is -0.0328. The van der Waals surface area contributed by atoms with Crippen LogP contribution in [0.3, 0.4) is 0 Å². The van der Waals surface area contributed by atoms with Gasteiger partial charge in [0.25, 0.3) is 0 Å². The predicted molar refractivity (Wildman–Crippen MR) is 56.2 cm³/mol. The van der Waals surface area contributed by atoms with Crippen molar-refractivity contribution in [3.05, 3.63) is 11.4 Å². The molecule has 0 saturated heterocycles. The Hall–Kier alpha value is -1.29. The smallest absolute Gasteiger partial charge is 0.441 e. The molecule has 0 amide bonds. The molecule has 1 rings (SSSR count). The van der Waals surface area contributed by atoms with Gasteiger partial charge in [0.15, 0.2) is 5.69 Å². The molecule has 0 saturated carbocycles. The van der Waals surface area contributed by atoms with E-state index >= 15 is 0 Å². The lowest BCUT2D eigenvalue weighted by Crippen LogP contribution is -2.12. The highest BCUT2D eigenvalue weighted by Gasteiger charge is 2.28. The fourth-order valence-corrected chi connectivity index (χ4v) is 1.70. The molecule has 0 aliphatic rings. The highest BCUT2D eigenvalue weighted by molar-refractivity contribution is 8.00. The van der Waals surface area contributed by atoms with Crippen LogP contribution in [0.25, 0.3) is 0 Å².